The molecule has 0 aromatic carbocycles. The van der Waals surface area contributed by atoms with E-state index >= 15 is 0 Å². The third-order valence-corrected chi connectivity index (χ3v) is 3.68. The minimum Gasteiger partial charge on any atom is -0.381 e. The van der Waals surface area contributed by atoms with Gasteiger partial charge in [-0.3, -0.25) is 9.69 Å². The largest absolute Gasteiger partial charge is 0.381 e. The Morgan fingerprint density at radius 2 is 1.94 bits per heavy atom. The first-order chi connectivity index (χ1) is 7.79. The number of Topliss-reactive ketones (excluding diaryl/α,β-unsaturated/α-hetero) is 1. The van der Waals surface area contributed by atoms with E-state index in [0.29, 0.717) is 18.9 Å². The summed E-state index contributed by atoms with van der Waals surface area (Å²) >= 11 is 0. The van der Waals surface area contributed by atoms with Crippen LogP contribution in [0.4, 0.5) is 0 Å². The van der Waals surface area contributed by atoms with Gasteiger partial charge in [-0.15, -0.1) is 0 Å². The molecule has 0 spiro atoms. The summed E-state index contributed by atoms with van der Waals surface area (Å²) in [5.74, 6) is 0.548. The van der Waals surface area contributed by atoms with Crippen molar-refractivity contribution < 1.29 is 9.53 Å². The molecule has 2 aliphatic heterocycles. The van der Waals surface area contributed by atoms with Crippen LogP contribution < -0.4 is 0 Å². The molecule has 2 fully saturated rings. The van der Waals surface area contributed by atoms with Crippen molar-refractivity contribution in [1.29, 1.82) is 0 Å². The van der Waals surface area contributed by atoms with Gasteiger partial charge < -0.3 is 9.64 Å². The Morgan fingerprint density at radius 3 is 2.50 bits per heavy atom. The average molecular weight is 226 g/mol. The highest BCUT2D eigenvalue weighted by atomic mass is 16.5. The summed E-state index contributed by atoms with van der Waals surface area (Å²) in [7, 11) is 0. The number of ketones is 1. The SMILES string of the molecule is CCN1CCN(CC(=O)C2CCOC2)CC1. The number of ether oxygens (including phenoxy) is 1. The van der Waals surface area contributed by atoms with E-state index in [9.17, 15) is 4.79 Å². The minimum absolute atomic E-state index is 0.171. The molecule has 92 valence electrons. The van der Waals surface area contributed by atoms with Crippen LogP contribution in [0.2, 0.25) is 0 Å². The molecule has 0 aromatic heterocycles. The maximum Gasteiger partial charge on any atom is 0.152 e. The van der Waals surface area contributed by atoms with Crippen molar-refractivity contribution in [2.45, 2.75) is 13.3 Å². The second-order valence-electron chi connectivity index (χ2n) is 4.74. The number of piperazine rings is 1. The van der Waals surface area contributed by atoms with Crippen LogP contribution >= 0.6 is 0 Å². The van der Waals surface area contributed by atoms with E-state index in [-0.39, 0.29) is 5.92 Å². The van der Waals surface area contributed by atoms with Crippen LogP contribution in [0.25, 0.3) is 0 Å². The fraction of sp³-hybridized carbons (Fsp3) is 0.917. The Bertz CT molecular complexity index is 231. The number of carbonyl (C=O) groups excluding carboxylic acids is 1. The van der Waals surface area contributed by atoms with Crippen LogP contribution in [0.15, 0.2) is 0 Å². The van der Waals surface area contributed by atoms with E-state index in [1.165, 1.54) is 0 Å². The molecule has 16 heavy (non-hydrogen) atoms. The lowest BCUT2D eigenvalue weighted by molar-refractivity contribution is -0.124. The third-order valence-electron chi connectivity index (χ3n) is 3.68. The molecular formula is C12H22N2O2. The van der Waals surface area contributed by atoms with Gasteiger partial charge in [0.15, 0.2) is 5.78 Å². The molecule has 1 unspecified atom stereocenters. The summed E-state index contributed by atoms with van der Waals surface area (Å²) in [6.45, 7) is 9.63. The topological polar surface area (TPSA) is 32.8 Å². The number of nitrogens with zero attached hydrogens (tertiary/aromatic N) is 2. The normalized spacial score (nSPS) is 28.4. The first-order valence-electron chi connectivity index (χ1n) is 6.34. The van der Waals surface area contributed by atoms with Crippen LogP contribution in [-0.4, -0.2) is 68.1 Å². The van der Waals surface area contributed by atoms with E-state index in [1.807, 2.05) is 0 Å². The Hall–Kier alpha value is -0.450. The smallest absolute Gasteiger partial charge is 0.152 e. The monoisotopic (exact) mass is 226 g/mol. The quantitative estimate of drug-likeness (QED) is 0.687. The van der Waals surface area contributed by atoms with Crippen molar-refractivity contribution in [1.82, 2.24) is 9.80 Å². The van der Waals surface area contributed by atoms with Gasteiger partial charge in [-0.05, 0) is 13.0 Å². The highest BCUT2D eigenvalue weighted by Crippen LogP contribution is 2.14. The van der Waals surface area contributed by atoms with Crippen LogP contribution in [0.5, 0.6) is 0 Å². The highest BCUT2D eigenvalue weighted by molar-refractivity contribution is 5.83. The molecule has 0 aromatic rings. The van der Waals surface area contributed by atoms with Crippen molar-refractivity contribution >= 4 is 5.78 Å². The lowest BCUT2D eigenvalue weighted by atomic mass is 10.0. The molecule has 0 N–H and O–H groups in total. The lowest BCUT2D eigenvalue weighted by Crippen LogP contribution is -2.48. The summed E-state index contributed by atoms with van der Waals surface area (Å²) in [6.07, 6.45) is 0.924. The number of likely N-dealkylation sites (N-methyl/N-ethyl adjacent to an activating group) is 1. The number of carbonyl (C=O) groups is 1. The molecule has 4 nitrogen and oxygen atoms in total. The molecule has 0 aliphatic carbocycles. The summed E-state index contributed by atoms with van der Waals surface area (Å²) in [5, 5.41) is 0. The van der Waals surface area contributed by atoms with Crippen LogP contribution in [-0.2, 0) is 9.53 Å². The van der Waals surface area contributed by atoms with Crippen molar-refractivity contribution in [3.05, 3.63) is 0 Å². The molecule has 0 radical (unpaired) electrons. The summed E-state index contributed by atoms with van der Waals surface area (Å²) in [6, 6.07) is 0. The van der Waals surface area contributed by atoms with Crippen LogP contribution in [0.3, 0.4) is 0 Å². The van der Waals surface area contributed by atoms with Crippen molar-refractivity contribution in [2.75, 3.05) is 52.5 Å². The van der Waals surface area contributed by atoms with Crippen molar-refractivity contribution in [2.24, 2.45) is 5.92 Å². The van der Waals surface area contributed by atoms with E-state index in [4.69, 9.17) is 4.74 Å². The second kappa shape index (κ2) is 5.75. The Balaban J connectivity index is 1.71. The fourth-order valence-electron chi connectivity index (χ4n) is 2.40. The van der Waals surface area contributed by atoms with Gasteiger partial charge in [0.2, 0.25) is 0 Å². The van der Waals surface area contributed by atoms with E-state index in [1.54, 1.807) is 0 Å². The van der Waals surface area contributed by atoms with Gasteiger partial charge in [-0.1, -0.05) is 6.92 Å². The zero-order valence-electron chi connectivity index (χ0n) is 10.2. The van der Waals surface area contributed by atoms with Gasteiger partial charge in [-0.25, -0.2) is 0 Å². The van der Waals surface area contributed by atoms with Gasteiger partial charge in [0.05, 0.1) is 13.2 Å². The minimum atomic E-state index is 0.171. The predicted octanol–water partition coefficient (Wildman–Crippen LogP) is 0.230. The zero-order chi connectivity index (χ0) is 11.4. The van der Waals surface area contributed by atoms with Crippen molar-refractivity contribution in [3.8, 4) is 0 Å². The maximum atomic E-state index is 11.9. The standard InChI is InChI=1S/C12H22N2O2/c1-2-13-4-6-14(7-5-13)9-12(15)11-3-8-16-10-11/h11H,2-10H2,1H3. The van der Waals surface area contributed by atoms with Crippen LogP contribution in [0.1, 0.15) is 13.3 Å². The second-order valence-corrected chi connectivity index (χ2v) is 4.74. The molecule has 1 atom stereocenters. The fourth-order valence-corrected chi connectivity index (χ4v) is 2.40. The molecule has 2 heterocycles. The molecule has 4 heteroatoms. The van der Waals surface area contributed by atoms with Crippen LogP contribution in [0, 0.1) is 5.92 Å². The third kappa shape index (κ3) is 3.03. The van der Waals surface area contributed by atoms with Gasteiger partial charge in [0.25, 0.3) is 0 Å². The average Bonchev–Trinajstić information content (AvgIpc) is 2.83. The van der Waals surface area contributed by atoms with Gasteiger partial charge in [-0.2, -0.15) is 0 Å². The molecule has 2 aliphatic rings. The van der Waals surface area contributed by atoms with E-state index in [2.05, 4.69) is 16.7 Å². The Labute approximate surface area is 97.5 Å². The molecule has 2 saturated heterocycles. The number of rotatable bonds is 4. The summed E-state index contributed by atoms with van der Waals surface area (Å²) < 4.78 is 5.25. The first kappa shape index (κ1) is 12.0. The predicted molar refractivity (Wildman–Crippen MR) is 62.5 cm³/mol. The van der Waals surface area contributed by atoms with E-state index < -0.39 is 0 Å². The van der Waals surface area contributed by atoms with Gasteiger partial charge >= 0.3 is 0 Å². The summed E-state index contributed by atoms with van der Waals surface area (Å²) in [4.78, 5) is 16.6. The van der Waals surface area contributed by atoms with Gasteiger partial charge in [0, 0.05) is 38.7 Å². The lowest BCUT2D eigenvalue weighted by Gasteiger charge is -2.33. The molecule has 0 saturated carbocycles. The molecular weight excluding hydrogens is 204 g/mol. The maximum absolute atomic E-state index is 11.9. The summed E-state index contributed by atoms with van der Waals surface area (Å²) in [5.41, 5.74) is 0. The highest BCUT2D eigenvalue weighted by Gasteiger charge is 2.26. The van der Waals surface area contributed by atoms with E-state index in [0.717, 1.165) is 45.8 Å². The molecule has 0 bridgehead atoms. The molecule has 2 rings (SSSR count). The number of hydrogen-bond donors (Lipinski definition) is 0. The molecule has 0 amide bonds. The van der Waals surface area contributed by atoms with Crippen molar-refractivity contribution in [3.63, 3.8) is 0 Å². The first-order valence-corrected chi connectivity index (χ1v) is 6.34. The Morgan fingerprint density at radius 1 is 1.25 bits per heavy atom. The van der Waals surface area contributed by atoms with Gasteiger partial charge in [0.1, 0.15) is 0 Å². The Kier molecular flexibility index (Phi) is 4.32. The zero-order valence-corrected chi connectivity index (χ0v) is 10.2. The number of hydrogen-bond acceptors (Lipinski definition) is 4.